The summed E-state index contributed by atoms with van der Waals surface area (Å²) in [5.41, 5.74) is 3.88. The summed E-state index contributed by atoms with van der Waals surface area (Å²) in [6.07, 6.45) is 0.523. The zero-order chi connectivity index (χ0) is 19.5. The van der Waals surface area contributed by atoms with Crippen molar-refractivity contribution in [3.05, 3.63) is 59.3 Å². The zero-order valence-corrected chi connectivity index (χ0v) is 14.0. The molecule has 3 heterocycles. The van der Waals surface area contributed by atoms with Crippen LogP contribution in [0.25, 0.3) is 10.9 Å². The van der Waals surface area contributed by atoms with Gasteiger partial charge in [-0.15, -0.1) is 0 Å². The van der Waals surface area contributed by atoms with Gasteiger partial charge in [-0.25, -0.2) is 0 Å². The molecule has 0 aliphatic carbocycles. The van der Waals surface area contributed by atoms with Gasteiger partial charge in [-0.1, -0.05) is 24.3 Å². The number of methoxy groups -OCH3 is 1. The molecule has 0 saturated heterocycles. The number of benzene rings is 2. The highest BCUT2D eigenvalue weighted by Crippen LogP contribution is 2.39. The Morgan fingerprint density at radius 1 is 1.23 bits per heavy atom. The van der Waals surface area contributed by atoms with E-state index >= 15 is 0 Å². The van der Waals surface area contributed by atoms with Gasteiger partial charge in [0, 0.05) is 23.0 Å². The second kappa shape index (κ2) is 5.78. The molecule has 5 rings (SSSR count). The number of esters is 1. The fourth-order valence-corrected chi connectivity index (χ4v) is 3.77. The highest BCUT2D eigenvalue weighted by atomic mass is 16.7. The Balaban J connectivity index is 1.62. The minimum absolute atomic E-state index is 0.305. The first-order chi connectivity index (χ1) is 13.4. The lowest BCUT2D eigenvalue weighted by atomic mass is 9.90. The van der Waals surface area contributed by atoms with Gasteiger partial charge in [0.05, 0.1) is 13.2 Å². The van der Waals surface area contributed by atoms with Crippen LogP contribution in [0.3, 0.4) is 0 Å². The number of para-hydroxylation sites is 1. The molecule has 6 nitrogen and oxygen atoms in total. The van der Waals surface area contributed by atoms with Gasteiger partial charge in [0.25, 0.3) is 0 Å². The van der Waals surface area contributed by atoms with Crippen LogP contribution in [0.2, 0.25) is 0 Å². The van der Waals surface area contributed by atoms with Crippen LogP contribution in [-0.2, 0) is 16.0 Å². The molecule has 2 aliphatic heterocycles. The predicted molar refractivity (Wildman–Crippen MR) is 95.4 cm³/mol. The van der Waals surface area contributed by atoms with Crippen molar-refractivity contribution in [2.24, 2.45) is 0 Å². The maximum Gasteiger partial charge on any atom is 0.323 e. The minimum atomic E-state index is -2.18. The van der Waals surface area contributed by atoms with Gasteiger partial charge in [-0.2, -0.15) is 0 Å². The van der Waals surface area contributed by atoms with E-state index in [-0.39, 0.29) is 12.0 Å². The minimum Gasteiger partial charge on any atom is -0.468 e. The van der Waals surface area contributed by atoms with Crippen molar-refractivity contribution >= 4 is 16.9 Å². The normalized spacial score (nSPS) is 23.9. The molecule has 6 heteroatoms. The third-order valence-electron chi connectivity index (χ3n) is 5.00. The molecular formula is C20H18N2O4. The highest BCUT2D eigenvalue weighted by Gasteiger charge is 2.35. The SMILES string of the molecule is [2H]C1([2H])Oc2ccc([C@H]3N[C@@H](C(=O)OC)Cc4c3[nH]c3ccccc43)cc2O1. The largest absolute Gasteiger partial charge is 0.468 e. The number of H-pyrrole nitrogens is 1. The molecule has 0 amide bonds. The van der Waals surface area contributed by atoms with Crippen LogP contribution in [0.5, 0.6) is 11.5 Å². The molecule has 26 heavy (non-hydrogen) atoms. The van der Waals surface area contributed by atoms with Gasteiger partial charge < -0.3 is 19.2 Å². The predicted octanol–water partition coefficient (Wildman–Crippen LogP) is 2.67. The Hall–Kier alpha value is -2.99. The Morgan fingerprint density at radius 2 is 2.08 bits per heavy atom. The van der Waals surface area contributed by atoms with E-state index in [4.69, 9.17) is 17.0 Å². The number of nitrogens with one attached hydrogen (secondary N) is 2. The topological polar surface area (TPSA) is 72.6 Å². The van der Waals surface area contributed by atoms with Gasteiger partial charge in [0.2, 0.25) is 6.75 Å². The maximum atomic E-state index is 12.3. The van der Waals surface area contributed by atoms with E-state index in [0.29, 0.717) is 17.9 Å². The molecule has 0 radical (unpaired) electrons. The van der Waals surface area contributed by atoms with Crippen LogP contribution in [-0.4, -0.2) is 30.8 Å². The van der Waals surface area contributed by atoms with Crippen molar-refractivity contribution in [2.75, 3.05) is 13.9 Å². The molecule has 2 atom stereocenters. The number of carbonyl (C=O) groups excluding carboxylic acids is 1. The van der Waals surface area contributed by atoms with Gasteiger partial charge in [0.15, 0.2) is 11.5 Å². The van der Waals surface area contributed by atoms with E-state index in [0.717, 1.165) is 27.7 Å². The van der Waals surface area contributed by atoms with Gasteiger partial charge in [-0.3, -0.25) is 10.1 Å². The molecular weight excluding hydrogens is 332 g/mol. The van der Waals surface area contributed by atoms with E-state index in [1.807, 2.05) is 30.3 Å². The first-order valence-corrected chi connectivity index (χ1v) is 8.40. The van der Waals surface area contributed by atoms with Crippen molar-refractivity contribution in [2.45, 2.75) is 18.5 Å². The second-order valence-electron chi connectivity index (χ2n) is 6.44. The molecule has 2 aromatic carbocycles. The second-order valence-corrected chi connectivity index (χ2v) is 6.44. The summed E-state index contributed by atoms with van der Waals surface area (Å²) >= 11 is 0. The van der Waals surface area contributed by atoms with Gasteiger partial charge in [-0.05, 0) is 29.3 Å². The number of rotatable bonds is 2. The molecule has 2 aliphatic rings. The Bertz CT molecular complexity index is 1090. The molecule has 3 aromatic rings. The summed E-state index contributed by atoms with van der Waals surface area (Å²) in [6.45, 7) is -2.18. The van der Waals surface area contributed by atoms with E-state index in [1.165, 1.54) is 7.11 Å². The van der Waals surface area contributed by atoms with E-state index in [1.54, 1.807) is 12.1 Å². The van der Waals surface area contributed by atoms with Gasteiger partial charge >= 0.3 is 5.97 Å². The average Bonchev–Trinajstić information content (AvgIpc) is 3.21. The average molecular weight is 352 g/mol. The molecule has 0 saturated carbocycles. The molecule has 1 aromatic heterocycles. The Labute approximate surface area is 152 Å². The Morgan fingerprint density at radius 3 is 2.96 bits per heavy atom. The third kappa shape index (κ3) is 2.26. The van der Waals surface area contributed by atoms with Crippen LogP contribution in [0.4, 0.5) is 0 Å². The number of hydrogen-bond acceptors (Lipinski definition) is 5. The summed E-state index contributed by atoms with van der Waals surface area (Å²) in [6, 6.07) is 12.5. The lowest BCUT2D eigenvalue weighted by Gasteiger charge is -2.30. The number of aromatic amines is 1. The fraction of sp³-hybridized carbons (Fsp3) is 0.250. The molecule has 0 fully saturated rings. The number of aromatic nitrogens is 1. The summed E-state index contributed by atoms with van der Waals surface area (Å²) in [7, 11) is 1.38. The fourth-order valence-electron chi connectivity index (χ4n) is 3.77. The van der Waals surface area contributed by atoms with Crippen molar-refractivity contribution in [3.8, 4) is 11.5 Å². The number of fused-ring (bicyclic) bond motifs is 4. The van der Waals surface area contributed by atoms with Gasteiger partial charge in [0.1, 0.15) is 8.78 Å². The smallest absolute Gasteiger partial charge is 0.323 e. The zero-order valence-electron chi connectivity index (χ0n) is 16.0. The quantitative estimate of drug-likeness (QED) is 0.694. The third-order valence-corrected chi connectivity index (χ3v) is 5.00. The van der Waals surface area contributed by atoms with Crippen molar-refractivity contribution < 1.29 is 21.7 Å². The summed E-state index contributed by atoms with van der Waals surface area (Å²) < 4.78 is 30.6. The van der Waals surface area contributed by atoms with Crippen LogP contribution in [0, 0.1) is 0 Å². The summed E-state index contributed by atoms with van der Waals surface area (Å²) in [5, 5.41) is 4.43. The first kappa shape index (κ1) is 13.2. The number of carbonyl (C=O) groups is 1. The molecule has 2 N–H and O–H groups in total. The lowest BCUT2D eigenvalue weighted by Crippen LogP contribution is -2.45. The molecule has 0 bridgehead atoms. The Kier molecular flexibility index (Phi) is 2.94. The molecule has 0 unspecified atom stereocenters. The maximum absolute atomic E-state index is 12.3. The van der Waals surface area contributed by atoms with Crippen molar-refractivity contribution in [1.29, 1.82) is 0 Å². The van der Waals surface area contributed by atoms with Crippen molar-refractivity contribution in [1.82, 2.24) is 10.3 Å². The van der Waals surface area contributed by atoms with E-state index in [2.05, 4.69) is 10.3 Å². The van der Waals surface area contributed by atoms with Crippen molar-refractivity contribution in [3.63, 3.8) is 0 Å². The number of ether oxygens (including phenoxy) is 3. The number of hydrogen-bond donors (Lipinski definition) is 2. The standard InChI is InChI=1S/C20H18N2O4/c1-24-20(23)15-9-13-12-4-2-3-5-14(12)21-19(13)18(22-15)11-6-7-16-17(8-11)26-10-25-16/h2-8,15,18,21-22H,9-10H2,1H3/t15-,18-/m1/s1/i10D2. The van der Waals surface area contributed by atoms with Crippen LogP contribution in [0.15, 0.2) is 42.5 Å². The summed E-state index contributed by atoms with van der Waals surface area (Å²) in [5.74, 6) is 0.367. The van der Waals surface area contributed by atoms with E-state index < -0.39 is 12.8 Å². The monoisotopic (exact) mass is 352 g/mol. The molecule has 0 spiro atoms. The summed E-state index contributed by atoms with van der Waals surface area (Å²) in [4.78, 5) is 15.8. The molecule has 132 valence electrons. The first-order valence-electron chi connectivity index (χ1n) is 9.40. The van der Waals surface area contributed by atoms with Crippen LogP contribution >= 0.6 is 0 Å². The van der Waals surface area contributed by atoms with Crippen LogP contribution in [0.1, 0.15) is 25.6 Å². The lowest BCUT2D eigenvalue weighted by molar-refractivity contribution is -0.143. The highest BCUT2D eigenvalue weighted by molar-refractivity contribution is 5.87. The van der Waals surface area contributed by atoms with E-state index in [9.17, 15) is 4.79 Å². The van der Waals surface area contributed by atoms with Crippen LogP contribution < -0.4 is 14.8 Å².